The van der Waals surface area contributed by atoms with Crippen molar-refractivity contribution in [3.63, 3.8) is 0 Å². The number of rotatable bonds is 7. The number of nitrogens with two attached hydrogens (primary N) is 1. The van der Waals surface area contributed by atoms with Crippen LogP contribution in [0, 0.1) is 5.41 Å². The van der Waals surface area contributed by atoms with E-state index in [4.69, 9.17) is 20.6 Å². The highest BCUT2D eigenvalue weighted by Gasteiger charge is 2.25. The third kappa shape index (κ3) is 4.63. The highest BCUT2D eigenvalue weighted by Crippen LogP contribution is 2.33. The van der Waals surface area contributed by atoms with Crippen LogP contribution < -0.4 is 15.8 Å². The molecule has 0 radical (unpaired) electrons. The molecule has 0 aliphatic carbocycles. The van der Waals surface area contributed by atoms with Gasteiger partial charge in [0, 0.05) is 17.7 Å². The van der Waals surface area contributed by atoms with Crippen LogP contribution in [0.2, 0.25) is 0 Å². The van der Waals surface area contributed by atoms with Gasteiger partial charge in [-0.1, -0.05) is 12.1 Å². The fraction of sp³-hybridized carbons (Fsp3) is 0.467. The van der Waals surface area contributed by atoms with Crippen LogP contribution in [0.5, 0.6) is 5.75 Å². The van der Waals surface area contributed by atoms with Gasteiger partial charge < -0.3 is 25.3 Å². The van der Waals surface area contributed by atoms with E-state index in [1.54, 1.807) is 19.2 Å². The first-order valence-electron chi connectivity index (χ1n) is 6.80. The van der Waals surface area contributed by atoms with Crippen molar-refractivity contribution in [2.24, 2.45) is 5.73 Å². The van der Waals surface area contributed by atoms with Gasteiger partial charge in [-0.2, -0.15) is 0 Å². The lowest BCUT2D eigenvalue weighted by Crippen LogP contribution is -2.31. The number of carbonyl (C=O) groups is 1. The van der Waals surface area contributed by atoms with Crippen LogP contribution in [0.25, 0.3) is 0 Å². The molecule has 0 aliphatic rings. The molecule has 0 saturated heterocycles. The monoisotopic (exact) mass is 309 g/mol. The fourth-order valence-electron chi connectivity index (χ4n) is 1.97. The van der Waals surface area contributed by atoms with Gasteiger partial charge in [-0.15, -0.1) is 0 Å². The number of hydrogen-bond acceptors (Lipinski definition) is 5. The van der Waals surface area contributed by atoms with E-state index in [1.165, 1.54) is 7.11 Å². The fourth-order valence-corrected chi connectivity index (χ4v) is 1.97. The predicted octanol–water partition coefficient (Wildman–Crippen LogP) is 1.59. The maximum atomic E-state index is 11.0. The van der Waals surface area contributed by atoms with E-state index >= 15 is 0 Å². The summed E-state index contributed by atoms with van der Waals surface area (Å²) < 4.78 is 15.7. The molecule has 4 N–H and O–H groups in total. The van der Waals surface area contributed by atoms with Crippen LogP contribution in [0.4, 0.5) is 4.79 Å². The second-order valence-electron chi connectivity index (χ2n) is 5.11. The van der Waals surface area contributed by atoms with Crippen molar-refractivity contribution in [1.29, 1.82) is 5.41 Å². The average molecular weight is 309 g/mol. The molecule has 0 heterocycles. The zero-order valence-corrected chi connectivity index (χ0v) is 13.4. The molecule has 0 saturated carbocycles. The number of amidine groups is 1. The first-order chi connectivity index (χ1) is 10.3. The van der Waals surface area contributed by atoms with Crippen molar-refractivity contribution in [2.45, 2.75) is 19.4 Å². The minimum Gasteiger partial charge on any atom is -0.496 e. The maximum Gasteiger partial charge on any atom is 0.406 e. The molecule has 0 spiro atoms. The number of methoxy groups -OCH3 is 2. The van der Waals surface area contributed by atoms with Crippen molar-refractivity contribution in [2.75, 3.05) is 27.4 Å². The number of nitrogen functional groups attached to an aromatic ring is 1. The molecule has 7 nitrogen and oxygen atoms in total. The van der Waals surface area contributed by atoms with E-state index in [2.05, 4.69) is 10.1 Å². The lowest BCUT2D eigenvalue weighted by atomic mass is 9.95. The Balaban J connectivity index is 2.79. The van der Waals surface area contributed by atoms with Gasteiger partial charge >= 0.3 is 6.09 Å². The van der Waals surface area contributed by atoms with E-state index in [1.807, 2.05) is 19.9 Å². The molecule has 1 amide bonds. The Morgan fingerprint density at radius 2 is 2.05 bits per heavy atom. The molecular weight excluding hydrogens is 286 g/mol. The van der Waals surface area contributed by atoms with Gasteiger partial charge in [-0.25, -0.2) is 4.79 Å². The quantitative estimate of drug-likeness (QED) is 0.403. The number of amides is 1. The molecule has 1 rings (SSSR count). The summed E-state index contributed by atoms with van der Waals surface area (Å²) in [6.07, 6.45) is -0.496. The van der Waals surface area contributed by atoms with Crippen LogP contribution in [0.3, 0.4) is 0 Å². The summed E-state index contributed by atoms with van der Waals surface area (Å²) in [4.78, 5) is 11.0. The average Bonchev–Trinajstić information content (AvgIpc) is 2.50. The largest absolute Gasteiger partial charge is 0.496 e. The summed E-state index contributed by atoms with van der Waals surface area (Å²) in [5.41, 5.74) is 6.27. The maximum absolute atomic E-state index is 11.0. The standard InChI is InChI=1S/C15H23N3O4/c1-15(2,22-8-7-18-14(19)21-4)11-6-5-10(13(16)17)9-12(11)20-3/h5-6,9H,7-8H2,1-4H3,(H3,16,17)(H,18,19). The van der Waals surface area contributed by atoms with Crippen LogP contribution in [0.15, 0.2) is 18.2 Å². The topological polar surface area (TPSA) is 107 Å². The number of carbonyl (C=O) groups excluding carboxylic acids is 1. The second kappa shape index (κ2) is 7.65. The number of hydrogen-bond donors (Lipinski definition) is 3. The molecule has 1 aromatic rings. The normalized spacial score (nSPS) is 10.9. The Morgan fingerprint density at radius 1 is 1.36 bits per heavy atom. The molecule has 0 atom stereocenters. The van der Waals surface area contributed by atoms with Crippen LogP contribution in [-0.2, 0) is 15.1 Å². The lowest BCUT2D eigenvalue weighted by Gasteiger charge is -2.28. The molecule has 7 heteroatoms. The number of benzene rings is 1. The zero-order valence-electron chi connectivity index (χ0n) is 13.4. The summed E-state index contributed by atoms with van der Waals surface area (Å²) in [7, 11) is 2.86. The molecule has 22 heavy (non-hydrogen) atoms. The molecule has 0 unspecified atom stereocenters. The van der Waals surface area contributed by atoms with E-state index in [9.17, 15) is 4.79 Å². The lowest BCUT2D eigenvalue weighted by molar-refractivity contribution is -0.0209. The highest BCUT2D eigenvalue weighted by molar-refractivity contribution is 5.95. The smallest absolute Gasteiger partial charge is 0.406 e. The molecule has 0 aliphatic heterocycles. The molecule has 0 bridgehead atoms. The van der Waals surface area contributed by atoms with Crippen molar-refractivity contribution in [1.82, 2.24) is 5.32 Å². The van der Waals surface area contributed by atoms with Gasteiger partial charge in [-0.05, 0) is 19.9 Å². The molecule has 0 fully saturated rings. The van der Waals surface area contributed by atoms with Crippen molar-refractivity contribution >= 4 is 11.9 Å². The Hall–Kier alpha value is -2.28. The van der Waals surface area contributed by atoms with Crippen LogP contribution in [0.1, 0.15) is 25.0 Å². The second-order valence-corrected chi connectivity index (χ2v) is 5.11. The summed E-state index contributed by atoms with van der Waals surface area (Å²) in [5, 5.41) is 10.0. The van der Waals surface area contributed by atoms with Gasteiger partial charge in [0.2, 0.25) is 0 Å². The summed E-state index contributed by atoms with van der Waals surface area (Å²) in [5.74, 6) is 0.574. The van der Waals surface area contributed by atoms with Crippen molar-refractivity contribution in [3.05, 3.63) is 29.3 Å². The first-order valence-corrected chi connectivity index (χ1v) is 6.80. The number of ether oxygens (including phenoxy) is 3. The highest BCUT2D eigenvalue weighted by atomic mass is 16.5. The Morgan fingerprint density at radius 3 is 2.59 bits per heavy atom. The van der Waals surface area contributed by atoms with Gasteiger partial charge in [0.25, 0.3) is 0 Å². The van der Waals surface area contributed by atoms with Crippen LogP contribution in [-0.4, -0.2) is 39.3 Å². The molecular formula is C15H23N3O4. The van der Waals surface area contributed by atoms with E-state index in [0.717, 1.165) is 5.56 Å². The minimum atomic E-state index is -0.627. The Bertz CT molecular complexity index is 544. The van der Waals surface area contributed by atoms with E-state index in [0.29, 0.717) is 24.5 Å². The predicted molar refractivity (Wildman–Crippen MR) is 83.4 cm³/mol. The minimum absolute atomic E-state index is 0.0224. The van der Waals surface area contributed by atoms with Crippen molar-refractivity contribution in [3.8, 4) is 5.75 Å². The van der Waals surface area contributed by atoms with Gasteiger partial charge in [0.05, 0.1) is 26.4 Å². The summed E-state index contributed by atoms with van der Waals surface area (Å²) >= 11 is 0. The number of alkyl carbamates (subject to hydrolysis) is 1. The molecule has 122 valence electrons. The summed E-state index contributed by atoms with van der Waals surface area (Å²) in [6.45, 7) is 4.45. The SMILES string of the molecule is COC(=O)NCCOC(C)(C)c1ccc(C(=N)N)cc1OC. The van der Waals surface area contributed by atoms with Gasteiger partial charge in [-0.3, -0.25) is 5.41 Å². The van der Waals surface area contributed by atoms with E-state index in [-0.39, 0.29) is 5.84 Å². The third-order valence-corrected chi connectivity index (χ3v) is 3.18. The Labute approximate surface area is 130 Å². The Kier molecular flexibility index (Phi) is 6.18. The first kappa shape index (κ1) is 17.8. The zero-order chi connectivity index (χ0) is 16.8. The van der Waals surface area contributed by atoms with Gasteiger partial charge in [0.15, 0.2) is 0 Å². The van der Waals surface area contributed by atoms with E-state index < -0.39 is 11.7 Å². The van der Waals surface area contributed by atoms with Crippen LogP contribution >= 0.6 is 0 Å². The molecule has 1 aromatic carbocycles. The summed E-state index contributed by atoms with van der Waals surface area (Å²) in [6, 6.07) is 5.27. The van der Waals surface area contributed by atoms with Crippen molar-refractivity contribution < 1.29 is 19.0 Å². The third-order valence-electron chi connectivity index (χ3n) is 3.18. The van der Waals surface area contributed by atoms with Gasteiger partial charge in [0.1, 0.15) is 11.6 Å². The molecule has 0 aromatic heterocycles. The number of nitrogens with one attached hydrogen (secondary N) is 2.